The van der Waals surface area contributed by atoms with E-state index < -0.39 is 0 Å². The standard InChI is InChI=1S/C11H15IN2O/c1-13-7-8-14(2)11(15)9-5-3-4-6-10(9)12/h3-6,13H,7-8H2,1-2H3. The Morgan fingerprint density at radius 3 is 2.73 bits per heavy atom. The van der Waals surface area contributed by atoms with E-state index in [2.05, 4.69) is 27.9 Å². The molecule has 0 spiro atoms. The van der Waals surface area contributed by atoms with E-state index in [1.54, 1.807) is 4.90 Å². The summed E-state index contributed by atoms with van der Waals surface area (Å²) in [6.07, 6.45) is 0. The highest BCUT2D eigenvalue weighted by molar-refractivity contribution is 14.1. The summed E-state index contributed by atoms with van der Waals surface area (Å²) in [4.78, 5) is 13.7. The van der Waals surface area contributed by atoms with Crippen molar-refractivity contribution in [3.05, 3.63) is 33.4 Å². The summed E-state index contributed by atoms with van der Waals surface area (Å²) in [5.41, 5.74) is 0.775. The minimum absolute atomic E-state index is 0.0789. The van der Waals surface area contributed by atoms with Gasteiger partial charge in [-0.2, -0.15) is 0 Å². The maximum Gasteiger partial charge on any atom is 0.254 e. The average Bonchev–Trinajstić information content (AvgIpc) is 2.25. The number of benzene rings is 1. The van der Waals surface area contributed by atoms with E-state index in [-0.39, 0.29) is 5.91 Å². The number of amides is 1. The minimum Gasteiger partial charge on any atom is -0.340 e. The Balaban J connectivity index is 2.72. The van der Waals surface area contributed by atoms with Gasteiger partial charge in [0.05, 0.1) is 5.56 Å². The van der Waals surface area contributed by atoms with Crippen molar-refractivity contribution in [1.82, 2.24) is 10.2 Å². The highest BCUT2D eigenvalue weighted by Gasteiger charge is 2.13. The Bertz CT molecular complexity index is 341. The zero-order chi connectivity index (χ0) is 11.3. The van der Waals surface area contributed by atoms with Gasteiger partial charge in [-0.1, -0.05) is 12.1 Å². The summed E-state index contributed by atoms with van der Waals surface area (Å²) in [6, 6.07) is 7.63. The van der Waals surface area contributed by atoms with Crippen molar-refractivity contribution < 1.29 is 4.79 Å². The Hall–Kier alpha value is -0.620. The molecule has 3 nitrogen and oxygen atoms in total. The molecule has 0 aromatic heterocycles. The highest BCUT2D eigenvalue weighted by Crippen LogP contribution is 2.13. The van der Waals surface area contributed by atoms with Crippen molar-refractivity contribution >= 4 is 28.5 Å². The van der Waals surface area contributed by atoms with Crippen LogP contribution in [-0.4, -0.2) is 38.0 Å². The monoisotopic (exact) mass is 318 g/mol. The lowest BCUT2D eigenvalue weighted by Crippen LogP contribution is -2.33. The van der Waals surface area contributed by atoms with Crippen LogP contribution in [0.15, 0.2) is 24.3 Å². The van der Waals surface area contributed by atoms with Crippen LogP contribution < -0.4 is 5.32 Å². The Kier molecular flexibility index (Phi) is 5.04. The quantitative estimate of drug-likeness (QED) is 0.855. The summed E-state index contributed by atoms with van der Waals surface area (Å²) in [6.45, 7) is 1.53. The van der Waals surface area contributed by atoms with Crippen molar-refractivity contribution in [3.8, 4) is 0 Å². The molecule has 0 aliphatic carbocycles. The van der Waals surface area contributed by atoms with Gasteiger partial charge in [-0.3, -0.25) is 4.79 Å². The molecule has 1 rings (SSSR count). The minimum atomic E-state index is 0.0789. The number of halogens is 1. The van der Waals surface area contributed by atoms with Crippen LogP contribution in [0.4, 0.5) is 0 Å². The second-order valence-corrected chi connectivity index (χ2v) is 4.47. The first kappa shape index (κ1) is 12.4. The second-order valence-electron chi connectivity index (χ2n) is 3.31. The van der Waals surface area contributed by atoms with Gasteiger partial charge in [-0.25, -0.2) is 0 Å². The predicted molar refractivity (Wildman–Crippen MR) is 70.0 cm³/mol. The van der Waals surface area contributed by atoms with Gasteiger partial charge in [0.2, 0.25) is 0 Å². The predicted octanol–water partition coefficient (Wildman–Crippen LogP) is 1.58. The van der Waals surface area contributed by atoms with Crippen LogP contribution in [0.5, 0.6) is 0 Å². The molecule has 1 aromatic carbocycles. The lowest BCUT2D eigenvalue weighted by atomic mass is 10.2. The number of carbonyl (C=O) groups excluding carboxylic acids is 1. The van der Waals surface area contributed by atoms with E-state index in [4.69, 9.17) is 0 Å². The number of carbonyl (C=O) groups is 1. The third kappa shape index (κ3) is 3.46. The fourth-order valence-corrected chi connectivity index (χ4v) is 1.84. The van der Waals surface area contributed by atoms with E-state index in [0.717, 1.165) is 22.2 Å². The molecule has 1 N–H and O–H groups in total. The van der Waals surface area contributed by atoms with Gasteiger partial charge in [-0.15, -0.1) is 0 Å². The molecule has 0 saturated heterocycles. The lowest BCUT2D eigenvalue weighted by molar-refractivity contribution is 0.0796. The molecule has 0 aliphatic rings. The molecule has 0 bridgehead atoms. The maximum absolute atomic E-state index is 12.0. The summed E-state index contributed by atoms with van der Waals surface area (Å²) in [7, 11) is 3.70. The Labute approximate surface area is 104 Å². The first-order valence-electron chi connectivity index (χ1n) is 4.81. The van der Waals surface area contributed by atoms with Crippen LogP contribution in [0.1, 0.15) is 10.4 Å². The van der Waals surface area contributed by atoms with Gasteiger partial charge in [0.25, 0.3) is 5.91 Å². The average molecular weight is 318 g/mol. The molecule has 0 heterocycles. The summed E-state index contributed by atoms with van der Waals surface area (Å²) in [5, 5.41) is 3.02. The molecule has 15 heavy (non-hydrogen) atoms. The van der Waals surface area contributed by atoms with Crippen LogP contribution in [0.25, 0.3) is 0 Å². The molecular formula is C11H15IN2O. The molecular weight excluding hydrogens is 303 g/mol. The van der Waals surface area contributed by atoms with Crippen LogP contribution in [-0.2, 0) is 0 Å². The van der Waals surface area contributed by atoms with E-state index in [1.165, 1.54) is 0 Å². The Morgan fingerprint density at radius 1 is 1.47 bits per heavy atom. The van der Waals surface area contributed by atoms with Gasteiger partial charge in [0.15, 0.2) is 0 Å². The Morgan fingerprint density at radius 2 is 2.13 bits per heavy atom. The fraction of sp³-hybridized carbons (Fsp3) is 0.364. The molecule has 0 fully saturated rings. The third-order valence-electron chi connectivity index (χ3n) is 2.15. The summed E-state index contributed by atoms with van der Waals surface area (Å²) >= 11 is 2.18. The summed E-state index contributed by atoms with van der Waals surface area (Å²) < 4.78 is 0.997. The molecule has 0 unspecified atom stereocenters. The number of hydrogen-bond donors (Lipinski definition) is 1. The molecule has 0 radical (unpaired) electrons. The van der Waals surface area contributed by atoms with Crippen LogP contribution >= 0.6 is 22.6 Å². The van der Waals surface area contributed by atoms with Crippen molar-refractivity contribution in [2.45, 2.75) is 0 Å². The largest absolute Gasteiger partial charge is 0.340 e. The van der Waals surface area contributed by atoms with E-state index in [0.29, 0.717) is 0 Å². The topological polar surface area (TPSA) is 32.3 Å². The summed E-state index contributed by atoms with van der Waals surface area (Å²) in [5.74, 6) is 0.0789. The smallest absolute Gasteiger partial charge is 0.254 e. The van der Waals surface area contributed by atoms with Gasteiger partial charge in [0.1, 0.15) is 0 Å². The molecule has 82 valence electrons. The van der Waals surface area contributed by atoms with E-state index in [9.17, 15) is 4.79 Å². The maximum atomic E-state index is 12.0. The molecule has 0 saturated carbocycles. The van der Waals surface area contributed by atoms with Gasteiger partial charge < -0.3 is 10.2 Å². The van der Waals surface area contributed by atoms with Gasteiger partial charge >= 0.3 is 0 Å². The number of rotatable bonds is 4. The zero-order valence-electron chi connectivity index (χ0n) is 8.96. The third-order valence-corrected chi connectivity index (χ3v) is 3.09. The SMILES string of the molecule is CNCCN(C)C(=O)c1ccccc1I. The van der Waals surface area contributed by atoms with Crippen LogP contribution in [0.2, 0.25) is 0 Å². The van der Waals surface area contributed by atoms with Crippen molar-refractivity contribution in [1.29, 1.82) is 0 Å². The first-order valence-corrected chi connectivity index (χ1v) is 5.89. The normalized spacial score (nSPS) is 10.1. The molecule has 0 aliphatic heterocycles. The number of nitrogens with one attached hydrogen (secondary N) is 1. The highest BCUT2D eigenvalue weighted by atomic mass is 127. The lowest BCUT2D eigenvalue weighted by Gasteiger charge is -2.17. The fourth-order valence-electron chi connectivity index (χ4n) is 1.22. The number of nitrogens with zero attached hydrogens (tertiary/aromatic N) is 1. The molecule has 4 heteroatoms. The molecule has 1 aromatic rings. The van der Waals surface area contributed by atoms with Crippen molar-refractivity contribution in [2.75, 3.05) is 27.2 Å². The van der Waals surface area contributed by atoms with Gasteiger partial charge in [-0.05, 0) is 41.8 Å². The first-order chi connectivity index (χ1) is 7.16. The second kappa shape index (κ2) is 6.07. The zero-order valence-corrected chi connectivity index (χ0v) is 11.1. The number of likely N-dealkylation sites (N-methyl/N-ethyl adjacent to an activating group) is 2. The van der Waals surface area contributed by atoms with E-state index >= 15 is 0 Å². The molecule has 0 atom stereocenters. The van der Waals surface area contributed by atoms with Crippen molar-refractivity contribution in [2.24, 2.45) is 0 Å². The number of hydrogen-bond acceptors (Lipinski definition) is 2. The molecule has 1 amide bonds. The van der Waals surface area contributed by atoms with E-state index in [1.807, 2.05) is 38.4 Å². The van der Waals surface area contributed by atoms with Gasteiger partial charge in [0, 0.05) is 23.7 Å². The van der Waals surface area contributed by atoms with Crippen LogP contribution in [0, 0.1) is 3.57 Å². The van der Waals surface area contributed by atoms with Crippen molar-refractivity contribution in [3.63, 3.8) is 0 Å². The van der Waals surface area contributed by atoms with Crippen LogP contribution in [0.3, 0.4) is 0 Å².